The van der Waals surface area contributed by atoms with E-state index in [1.54, 1.807) is 26.4 Å². The summed E-state index contributed by atoms with van der Waals surface area (Å²) in [5, 5.41) is 0. The van der Waals surface area contributed by atoms with Crippen molar-refractivity contribution in [3.05, 3.63) is 35.9 Å². The van der Waals surface area contributed by atoms with Crippen molar-refractivity contribution in [2.45, 2.75) is 38.0 Å². The molecule has 6 nitrogen and oxygen atoms in total. The minimum Gasteiger partial charge on any atom is -0.493 e. The van der Waals surface area contributed by atoms with Crippen molar-refractivity contribution in [1.82, 2.24) is 4.90 Å². The van der Waals surface area contributed by atoms with E-state index in [1.807, 2.05) is 11.0 Å². The molecule has 0 aromatic heterocycles. The molecule has 1 amide bonds. The summed E-state index contributed by atoms with van der Waals surface area (Å²) < 4.78 is 22.3. The zero-order chi connectivity index (χ0) is 18.5. The van der Waals surface area contributed by atoms with Crippen LogP contribution in [0.1, 0.15) is 35.2 Å². The van der Waals surface area contributed by atoms with Gasteiger partial charge in [0.1, 0.15) is 0 Å². The molecule has 2 heterocycles. The van der Waals surface area contributed by atoms with Crippen LogP contribution in [-0.2, 0) is 15.9 Å². The summed E-state index contributed by atoms with van der Waals surface area (Å²) in [6, 6.07) is 3.57. The molecule has 0 spiro atoms. The van der Waals surface area contributed by atoms with Crippen LogP contribution in [0.15, 0.2) is 24.8 Å². The molecule has 0 saturated carbocycles. The topological polar surface area (TPSA) is 57.2 Å². The third-order valence-corrected chi connectivity index (χ3v) is 4.94. The summed E-state index contributed by atoms with van der Waals surface area (Å²) in [4.78, 5) is 15.2. The van der Waals surface area contributed by atoms with E-state index in [9.17, 15) is 4.79 Å². The lowest BCUT2D eigenvalue weighted by atomic mass is 9.99. The van der Waals surface area contributed by atoms with Crippen LogP contribution < -0.4 is 9.47 Å². The Morgan fingerprint density at radius 2 is 2.04 bits per heavy atom. The lowest BCUT2D eigenvalue weighted by Gasteiger charge is -2.38. The Morgan fingerprint density at radius 3 is 2.69 bits per heavy atom. The van der Waals surface area contributed by atoms with Crippen LogP contribution in [-0.4, -0.2) is 57.1 Å². The first-order valence-corrected chi connectivity index (χ1v) is 9.09. The monoisotopic (exact) mass is 361 g/mol. The highest BCUT2D eigenvalue weighted by atomic mass is 16.7. The van der Waals surface area contributed by atoms with E-state index in [2.05, 4.69) is 6.58 Å². The van der Waals surface area contributed by atoms with Gasteiger partial charge in [0, 0.05) is 17.7 Å². The molecule has 2 aliphatic heterocycles. The zero-order valence-corrected chi connectivity index (χ0v) is 15.5. The van der Waals surface area contributed by atoms with E-state index in [0.717, 1.165) is 24.8 Å². The minimum absolute atomic E-state index is 0.0277. The predicted octanol–water partition coefficient (Wildman–Crippen LogP) is 2.80. The van der Waals surface area contributed by atoms with Crippen molar-refractivity contribution in [1.29, 1.82) is 0 Å². The molecular weight excluding hydrogens is 334 g/mol. The van der Waals surface area contributed by atoms with Gasteiger partial charge in [-0.15, -0.1) is 6.58 Å². The van der Waals surface area contributed by atoms with Gasteiger partial charge in [0.2, 0.25) is 0 Å². The van der Waals surface area contributed by atoms with Crippen molar-refractivity contribution in [2.24, 2.45) is 0 Å². The van der Waals surface area contributed by atoms with Crippen LogP contribution in [0.2, 0.25) is 0 Å². The third kappa shape index (κ3) is 3.71. The quantitative estimate of drug-likeness (QED) is 0.729. The lowest BCUT2D eigenvalue weighted by Crippen LogP contribution is -2.50. The Kier molecular flexibility index (Phi) is 6.16. The second kappa shape index (κ2) is 8.56. The van der Waals surface area contributed by atoms with Gasteiger partial charge >= 0.3 is 0 Å². The van der Waals surface area contributed by atoms with Gasteiger partial charge in [-0.1, -0.05) is 6.08 Å². The average molecular weight is 361 g/mol. The van der Waals surface area contributed by atoms with Crippen LogP contribution in [0.5, 0.6) is 11.5 Å². The summed E-state index contributed by atoms with van der Waals surface area (Å²) in [5.74, 6) is 1.17. The summed E-state index contributed by atoms with van der Waals surface area (Å²) in [6.07, 6.45) is 5.01. The largest absolute Gasteiger partial charge is 0.493 e. The average Bonchev–Trinajstić information content (AvgIpc) is 3.21. The smallest absolute Gasteiger partial charge is 0.254 e. The highest BCUT2D eigenvalue weighted by molar-refractivity contribution is 5.95. The number of hydrogen-bond acceptors (Lipinski definition) is 5. The number of nitrogens with zero attached hydrogens (tertiary/aromatic N) is 1. The van der Waals surface area contributed by atoms with Gasteiger partial charge in [0.05, 0.1) is 33.5 Å². The number of amides is 1. The molecule has 1 aromatic rings. The molecule has 1 unspecified atom stereocenters. The second-order valence-corrected chi connectivity index (χ2v) is 6.54. The van der Waals surface area contributed by atoms with E-state index >= 15 is 0 Å². The first kappa shape index (κ1) is 18.7. The number of piperidine rings is 1. The Morgan fingerprint density at radius 1 is 1.27 bits per heavy atom. The normalized spacial score (nSPS) is 20.8. The molecule has 3 rings (SSSR count). The van der Waals surface area contributed by atoms with Crippen molar-refractivity contribution in [2.75, 3.05) is 34.0 Å². The van der Waals surface area contributed by atoms with Crippen LogP contribution in [0.3, 0.4) is 0 Å². The van der Waals surface area contributed by atoms with Gasteiger partial charge in [-0.25, -0.2) is 0 Å². The minimum atomic E-state index is -0.327. The van der Waals surface area contributed by atoms with Crippen LogP contribution in [0.4, 0.5) is 0 Å². The first-order valence-electron chi connectivity index (χ1n) is 9.09. The fourth-order valence-electron chi connectivity index (χ4n) is 3.73. The van der Waals surface area contributed by atoms with Gasteiger partial charge in [0.15, 0.2) is 17.8 Å². The van der Waals surface area contributed by atoms with E-state index in [1.165, 1.54) is 0 Å². The number of allylic oxidation sites excluding steroid dienone is 1. The summed E-state index contributed by atoms with van der Waals surface area (Å²) in [7, 11) is 3.18. The van der Waals surface area contributed by atoms with E-state index in [4.69, 9.17) is 18.9 Å². The van der Waals surface area contributed by atoms with Crippen molar-refractivity contribution in [3.8, 4) is 11.5 Å². The number of hydrogen-bond donors (Lipinski definition) is 0. The van der Waals surface area contributed by atoms with Gasteiger partial charge in [-0.2, -0.15) is 0 Å². The molecule has 0 N–H and O–H groups in total. The Bertz CT molecular complexity index is 654. The number of methoxy groups -OCH3 is 2. The molecule has 26 heavy (non-hydrogen) atoms. The van der Waals surface area contributed by atoms with E-state index < -0.39 is 0 Å². The van der Waals surface area contributed by atoms with Gasteiger partial charge in [-0.3, -0.25) is 4.79 Å². The molecule has 142 valence electrons. The Hall–Kier alpha value is -2.05. The molecular formula is C20H27NO5. The van der Waals surface area contributed by atoms with Crippen LogP contribution in [0.25, 0.3) is 0 Å². The second-order valence-electron chi connectivity index (χ2n) is 6.54. The van der Waals surface area contributed by atoms with Crippen molar-refractivity contribution < 1.29 is 23.7 Å². The van der Waals surface area contributed by atoms with Crippen LogP contribution in [0, 0.1) is 0 Å². The third-order valence-electron chi connectivity index (χ3n) is 4.94. The fraction of sp³-hybridized carbons (Fsp3) is 0.550. The lowest BCUT2D eigenvalue weighted by molar-refractivity contribution is -0.100. The van der Waals surface area contributed by atoms with E-state index in [0.29, 0.717) is 43.2 Å². The Labute approximate surface area is 154 Å². The van der Waals surface area contributed by atoms with Crippen molar-refractivity contribution in [3.63, 3.8) is 0 Å². The summed E-state index contributed by atoms with van der Waals surface area (Å²) >= 11 is 0. The van der Waals surface area contributed by atoms with Gasteiger partial charge < -0.3 is 23.8 Å². The van der Waals surface area contributed by atoms with Crippen LogP contribution >= 0.6 is 0 Å². The molecule has 2 fully saturated rings. The molecule has 0 radical (unpaired) electrons. The van der Waals surface area contributed by atoms with Gasteiger partial charge in [-0.05, 0) is 37.8 Å². The number of benzene rings is 1. The maximum atomic E-state index is 13.3. The highest BCUT2D eigenvalue weighted by Crippen LogP contribution is 2.34. The number of carbonyl (C=O) groups excluding carboxylic acids is 1. The molecule has 0 bridgehead atoms. The number of rotatable bonds is 6. The maximum Gasteiger partial charge on any atom is 0.254 e. The zero-order valence-electron chi connectivity index (χ0n) is 15.5. The summed E-state index contributed by atoms with van der Waals surface area (Å²) in [6.45, 7) is 5.67. The van der Waals surface area contributed by atoms with Gasteiger partial charge in [0.25, 0.3) is 5.91 Å². The Balaban J connectivity index is 1.91. The molecule has 6 heteroatoms. The molecule has 1 aromatic carbocycles. The molecule has 0 aliphatic carbocycles. The first-order chi connectivity index (χ1) is 12.7. The maximum absolute atomic E-state index is 13.3. The fourth-order valence-corrected chi connectivity index (χ4v) is 3.73. The number of carbonyl (C=O) groups is 1. The molecule has 1 atom stereocenters. The van der Waals surface area contributed by atoms with Crippen molar-refractivity contribution >= 4 is 5.91 Å². The molecule has 2 aliphatic rings. The predicted molar refractivity (Wildman–Crippen MR) is 97.8 cm³/mol. The standard InChI is InChI=1S/C20H27NO5/c1-4-7-14-12-15(13-17(23-2)18(14)24-3)19(22)21-9-6-5-8-16(21)20-25-10-11-26-20/h4,12-13,16,20H,1,5-11H2,2-3H3. The SMILES string of the molecule is C=CCc1cc(C(=O)N2CCCCC2C2OCCO2)cc(OC)c1OC. The number of likely N-dealkylation sites (tertiary alicyclic amines) is 1. The molecule has 2 saturated heterocycles. The summed E-state index contributed by atoms with van der Waals surface area (Å²) in [5.41, 5.74) is 1.47. The number of ether oxygens (including phenoxy) is 4. The van der Waals surface area contributed by atoms with E-state index in [-0.39, 0.29) is 18.2 Å². The highest BCUT2D eigenvalue weighted by Gasteiger charge is 2.36.